The number of unbranched alkanes of at least 4 members (excludes halogenated alkanes) is 27. The number of hydrogen-bond acceptors (Lipinski definition) is 6. The van der Waals surface area contributed by atoms with Crippen molar-refractivity contribution in [2.75, 3.05) is 13.2 Å². The molecule has 6 nitrogen and oxygen atoms in total. The molecule has 75 heavy (non-hydrogen) atoms. The van der Waals surface area contributed by atoms with E-state index in [2.05, 4.69) is 130 Å². The van der Waals surface area contributed by atoms with Crippen LogP contribution in [0.3, 0.4) is 0 Å². The Kier molecular flexibility index (Phi) is 59.3. The van der Waals surface area contributed by atoms with E-state index in [0.717, 1.165) is 116 Å². The van der Waals surface area contributed by atoms with Crippen LogP contribution in [0.5, 0.6) is 0 Å². The zero-order chi connectivity index (χ0) is 54.3. The second kappa shape index (κ2) is 62.6. The van der Waals surface area contributed by atoms with Crippen molar-refractivity contribution < 1.29 is 28.6 Å². The topological polar surface area (TPSA) is 78.9 Å². The maximum absolute atomic E-state index is 12.9. The highest BCUT2D eigenvalue weighted by Gasteiger charge is 2.19. The van der Waals surface area contributed by atoms with E-state index in [1.54, 1.807) is 0 Å². The minimum absolute atomic E-state index is 0.0986. The van der Waals surface area contributed by atoms with Crippen molar-refractivity contribution in [2.45, 2.75) is 297 Å². The zero-order valence-corrected chi connectivity index (χ0v) is 49.0. The van der Waals surface area contributed by atoms with E-state index in [1.807, 2.05) is 0 Å². The molecule has 0 rings (SSSR count). The molecule has 6 heteroatoms. The summed E-state index contributed by atoms with van der Waals surface area (Å²) in [6.45, 7) is 6.46. The highest BCUT2D eigenvalue weighted by atomic mass is 16.6. The van der Waals surface area contributed by atoms with Crippen LogP contribution in [-0.2, 0) is 28.6 Å². The summed E-state index contributed by atoms with van der Waals surface area (Å²) in [7, 11) is 0. The van der Waals surface area contributed by atoms with Crippen molar-refractivity contribution in [2.24, 2.45) is 0 Å². The van der Waals surface area contributed by atoms with E-state index in [9.17, 15) is 14.4 Å². The molecule has 0 amide bonds. The smallest absolute Gasteiger partial charge is 0.306 e. The molecule has 0 N–H and O–H groups in total. The fourth-order valence-electron chi connectivity index (χ4n) is 8.53. The Morgan fingerprint density at radius 1 is 0.280 bits per heavy atom. The van der Waals surface area contributed by atoms with Crippen LogP contribution in [0.1, 0.15) is 290 Å². The third kappa shape index (κ3) is 60.8. The Hall–Kier alpha value is -3.93. The van der Waals surface area contributed by atoms with Crippen LogP contribution < -0.4 is 0 Å². The van der Waals surface area contributed by atoms with Crippen LogP contribution in [0.15, 0.2) is 109 Å². The summed E-state index contributed by atoms with van der Waals surface area (Å²) in [6, 6.07) is 0. The van der Waals surface area contributed by atoms with Gasteiger partial charge >= 0.3 is 17.9 Å². The van der Waals surface area contributed by atoms with Gasteiger partial charge in [-0.05, 0) is 128 Å². The molecular weight excluding hydrogens is 925 g/mol. The summed E-state index contributed by atoms with van der Waals surface area (Å²) < 4.78 is 16.9. The van der Waals surface area contributed by atoms with Crippen LogP contribution in [0.4, 0.5) is 0 Å². The van der Waals surface area contributed by atoms with Gasteiger partial charge in [-0.3, -0.25) is 14.4 Å². The van der Waals surface area contributed by atoms with Crippen molar-refractivity contribution >= 4 is 17.9 Å². The molecule has 0 aromatic rings. The van der Waals surface area contributed by atoms with Crippen molar-refractivity contribution in [3.63, 3.8) is 0 Å². The average molecular weight is 1040 g/mol. The Bertz CT molecular complexity index is 1520. The molecule has 0 aliphatic heterocycles. The highest BCUT2D eigenvalue weighted by molar-refractivity contribution is 5.71. The fraction of sp³-hybridized carbons (Fsp3) is 0.696. The van der Waals surface area contributed by atoms with Gasteiger partial charge in [0.15, 0.2) is 6.10 Å². The van der Waals surface area contributed by atoms with Gasteiger partial charge < -0.3 is 14.2 Å². The van der Waals surface area contributed by atoms with Gasteiger partial charge in [0, 0.05) is 19.3 Å². The first-order valence-electron chi connectivity index (χ1n) is 31.4. The summed E-state index contributed by atoms with van der Waals surface area (Å²) in [6.07, 6.45) is 85.2. The fourth-order valence-corrected chi connectivity index (χ4v) is 8.53. The maximum Gasteiger partial charge on any atom is 0.306 e. The van der Waals surface area contributed by atoms with Gasteiger partial charge in [0.05, 0.1) is 0 Å². The van der Waals surface area contributed by atoms with Crippen LogP contribution in [0.2, 0.25) is 0 Å². The van der Waals surface area contributed by atoms with Crippen molar-refractivity contribution in [3.8, 4) is 0 Å². The number of esters is 3. The summed E-state index contributed by atoms with van der Waals surface area (Å²) >= 11 is 0. The van der Waals surface area contributed by atoms with Crippen LogP contribution >= 0.6 is 0 Å². The first-order valence-corrected chi connectivity index (χ1v) is 31.4. The van der Waals surface area contributed by atoms with Crippen LogP contribution in [0, 0.1) is 0 Å². The Morgan fingerprint density at radius 2 is 0.520 bits per heavy atom. The molecule has 1 atom stereocenters. The van der Waals surface area contributed by atoms with Gasteiger partial charge in [-0.25, -0.2) is 0 Å². The minimum atomic E-state index is -0.806. The number of carbonyl (C=O) groups is 3. The van der Waals surface area contributed by atoms with Gasteiger partial charge in [0.2, 0.25) is 0 Å². The molecule has 0 aliphatic rings. The summed E-state index contributed by atoms with van der Waals surface area (Å²) in [5.74, 6) is -0.951. The lowest BCUT2D eigenvalue weighted by atomic mass is 10.0. The number of carbonyl (C=O) groups excluding carboxylic acids is 3. The van der Waals surface area contributed by atoms with E-state index in [4.69, 9.17) is 14.2 Å². The maximum atomic E-state index is 12.9. The molecule has 0 saturated heterocycles. The lowest BCUT2D eigenvalue weighted by Gasteiger charge is -2.18. The number of ether oxygens (including phenoxy) is 3. The molecular formula is C69H116O6. The molecule has 0 aliphatic carbocycles. The summed E-state index contributed by atoms with van der Waals surface area (Å²) in [5.41, 5.74) is 0. The Balaban J connectivity index is 4.42. The third-order valence-corrected chi connectivity index (χ3v) is 13.2. The SMILES string of the molecule is CC/C=C\C/C=C\C/C=C\C/C=C\CCCCC(=O)OCC(COC(=O)CCCCCCCCCCCCC/C=C\C/C=C\CCCCCCC)OC(=O)CCCCCCCC/C=C\C/C=C\C/C=C\CCCCC. The zero-order valence-electron chi connectivity index (χ0n) is 49.0. The molecule has 0 fully saturated rings. The van der Waals surface area contributed by atoms with Crippen LogP contribution in [0.25, 0.3) is 0 Å². The third-order valence-electron chi connectivity index (χ3n) is 13.2. The second-order valence-electron chi connectivity index (χ2n) is 20.6. The van der Waals surface area contributed by atoms with Crippen LogP contribution in [-0.4, -0.2) is 37.2 Å². The van der Waals surface area contributed by atoms with Gasteiger partial charge in [-0.1, -0.05) is 252 Å². The molecule has 1 unspecified atom stereocenters. The van der Waals surface area contributed by atoms with Gasteiger partial charge in [0.25, 0.3) is 0 Å². The molecule has 0 spiro atoms. The second-order valence-corrected chi connectivity index (χ2v) is 20.6. The lowest BCUT2D eigenvalue weighted by molar-refractivity contribution is -0.167. The molecule has 428 valence electrons. The first-order chi connectivity index (χ1) is 37.0. The Morgan fingerprint density at radius 3 is 0.867 bits per heavy atom. The van der Waals surface area contributed by atoms with E-state index in [1.165, 1.54) is 135 Å². The van der Waals surface area contributed by atoms with E-state index >= 15 is 0 Å². The highest BCUT2D eigenvalue weighted by Crippen LogP contribution is 2.15. The quantitative estimate of drug-likeness (QED) is 0.0261. The number of hydrogen-bond donors (Lipinski definition) is 0. The average Bonchev–Trinajstić information content (AvgIpc) is 3.41. The van der Waals surface area contributed by atoms with Crippen molar-refractivity contribution in [1.82, 2.24) is 0 Å². The van der Waals surface area contributed by atoms with Gasteiger partial charge in [-0.15, -0.1) is 0 Å². The minimum Gasteiger partial charge on any atom is -0.462 e. The monoisotopic (exact) mass is 1040 g/mol. The predicted octanol–water partition coefficient (Wildman–Crippen LogP) is 21.4. The van der Waals surface area contributed by atoms with Gasteiger partial charge in [-0.2, -0.15) is 0 Å². The van der Waals surface area contributed by atoms with Gasteiger partial charge in [0.1, 0.15) is 13.2 Å². The molecule has 0 aromatic carbocycles. The molecule has 0 aromatic heterocycles. The molecule has 0 saturated carbocycles. The summed E-state index contributed by atoms with van der Waals surface area (Å²) in [4.78, 5) is 38.3. The summed E-state index contributed by atoms with van der Waals surface area (Å²) in [5, 5.41) is 0. The van der Waals surface area contributed by atoms with Crippen molar-refractivity contribution in [1.29, 1.82) is 0 Å². The molecule has 0 bridgehead atoms. The van der Waals surface area contributed by atoms with E-state index in [-0.39, 0.29) is 31.1 Å². The van der Waals surface area contributed by atoms with E-state index in [0.29, 0.717) is 19.3 Å². The normalized spacial score (nSPS) is 12.8. The lowest BCUT2D eigenvalue weighted by Crippen LogP contribution is -2.30. The Labute approximate surface area is 463 Å². The first kappa shape index (κ1) is 71.1. The predicted molar refractivity (Wildman–Crippen MR) is 325 cm³/mol. The standard InChI is InChI=1S/C69H116O6/c1-4-7-10-13-16-19-22-25-28-30-32-33-34-35-37-38-41-44-47-50-53-56-59-62-68(71)74-65-66(64-73-67(70)61-58-55-52-49-46-43-40-27-24-21-18-15-12-9-6-3)75-69(72)63-60-57-54-51-48-45-42-39-36-31-29-26-23-20-17-14-11-8-5-2/h9,12,17-18,20-22,25-27,29-30,32,36,39-40,46,49,66H,4-8,10-11,13-16,19,23-24,28,31,33-35,37-38,41-45,47-48,50-65H2,1-3H3/b12-9-,20-17-,21-18-,25-22-,29-26-,32-30-,39-36-,40-27-,49-46-. The molecule has 0 heterocycles. The number of rotatable bonds is 56. The number of allylic oxidation sites excluding steroid dienone is 18. The van der Waals surface area contributed by atoms with Crippen molar-refractivity contribution in [3.05, 3.63) is 109 Å². The van der Waals surface area contributed by atoms with E-state index < -0.39 is 6.10 Å². The molecule has 0 radical (unpaired) electrons. The largest absolute Gasteiger partial charge is 0.462 e.